The van der Waals surface area contributed by atoms with E-state index in [1.165, 1.54) is 0 Å². The summed E-state index contributed by atoms with van der Waals surface area (Å²) in [5.41, 5.74) is 2.65. The van der Waals surface area contributed by atoms with Gasteiger partial charge in [-0.05, 0) is 33.0 Å². The highest BCUT2D eigenvalue weighted by atomic mass is 16.3. The Kier molecular flexibility index (Phi) is 3.42. The summed E-state index contributed by atoms with van der Waals surface area (Å²) in [6.45, 7) is 6.41. The number of anilines is 2. The summed E-state index contributed by atoms with van der Waals surface area (Å²) in [6, 6.07) is 6.90. The number of benzene rings is 1. The van der Waals surface area contributed by atoms with E-state index in [0.717, 1.165) is 24.5 Å². The molecule has 0 spiro atoms. The third-order valence-electron chi connectivity index (χ3n) is 4.96. The van der Waals surface area contributed by atoms with Gasteiger partial charge in [-0.25, -0.2) is 0 Å². The fourth-order valence-corrected chi connectivity index (χ4v) is 3.30. The molecule has 2 aliphatic heterocycles. The number of amides is 1. The topological polar surface area (TPSA) is 47.0 Å². The van der Waals surface area contributed by atoms with Crippen LogP contribution in [0.2, 0.25) is 0 Å². The van der Waals surface area contributed by atoms with Crippen molar-refractivity contribution >= 4 is 17.3 Å². The Morgan fingerprint density at radius 3 is 2.38 bits per heavy atom. The number of carbonyl (C=O) groups is 1. The Hall–Kier alpha value is -1.59. The molecule has 0 aliphatic carbocycles. The van der Waals surface area contributed by atoms with Gasteiger partial charge in [0.1, 0.15) is 0 Å². The lowest BCUT2D eigenvalue weighted by molar-refractivity contribution is -0.125. The fraction of sp³-hybridized carbons (Fsp3) is 0.562. The van der Waals surface area contributed by atoms with Crippen LogP contribution in [0.4, 0.5) is 11.4 Å². The number of fused-ring (bicyclic) bond motifs is 1. The van der Waals surface area contributed by atoms with Gasteiger partial charge in [-0.1, -0.05) is 6.07 Å². The van der Waals surface area contributed by atoms with Crippen LogP contribution in [-0.4, -0.2) is 55.2 Å². The van der Waals surface area contributed by atoms with Gasteiger partial charge in [0.05, 0.1) is 5.69 Å². The maximum atomic E-state index is 11.9. The molecule has 0 saturated carbocycles. The molecule has 3 unspecified atom stereocenters. The molecule has 5 nitrogen and oxygen atoms in total. The van der Waals surface area contributed by atoms with Crippen LogP contribution in [0.15, 0.2) is 18.2 Å². The Balaban J connectivity index is 1.90. The summed E-state index contributed by atoms with van der Waals surface area (Å²) in [6.07, 6.45) is -1.01. The quantitative estimate of drug-likeness (QED) is 0.844. The minimum Gasteiger partial charge on any atom is -0.378 e. The highest BCUT2D eigenvalue weighted by molar-refractivity contribution is 6.03. The summed E-state index contributed by atoms with van der Waals surface area (Å²) in [4.78, 5) is 18.2. The van der Waals surface area contributed by atoms with Gasteiger partial charge < -0.3 is 14.9 Å². The number of piperazine rings is 1. The predicted octanol–water partition coefficient (Wildman–Crippen LogP) is 1.23. The molecule has 3 rings (SSSR count). The lowest BCUT2D eigenvalue weighted by Crippen LogP contribution is -2.55. The Morgan fingerprint density at radius 2 is 1.76 bits per heavy atom. The van der Waals surface area contributed by atoms with Gasteiger partial charge in [-0.15, -0.1) is 0 Å². The van der Waals surface area contributed by atoms with Crippen molar-refractivity contribution in [1.82, 2.24) is 4.90 Å². The average molecular weight is 289 g/mol. The summed E-state index contributed by atoms with van der Waals surface area (Å²) in [5.74, 6) is -0.248. The minimum atomic E-state index is -1.01. The first-order valence-electron chi connectivity index (χ1n) is 7.46. The van der Waals surface area contributed by atoms with Gasteiger partial charge in [0, 0.05) is 43.5 Å². The van der Waals surface area contributed by atoms with Crippen molar-refractivity contribution < 1.29 is 9.90 Å². The second-order valence-electron chi connectivity index (χ2n) is 6.31. The van der Waals surface area contributed by atoms with Crippen molar-refractivity contribution in [3.05, 3.63) is 23.8 Å². The molecule has 1 amide bonds. The summed E-state index contributed by atoms with van der Waals surface area (Å²) >= 11 is 0. The zero-order chi connectivity index (χ0) is 15.3. The van der Waals surface area contributed by atoms with E-state index < -0.39 is 6.10 Å². The number of rotatable bonds is 1. The fourth-order valence-electron chi connectivity index (χ4n) is 3.30. The molecular formula is C16H23N3O2. The number of nitrogens with zero attached hydrogens (tertiary/aromatic N) is 3. The number of likely N-dealkylation sites (N-methyl/N-ethyl adjacent to an activating group) is 2. The maximum absolute atomic E-state index is 11.9. The van der Waals surface area contributed by atoms with Crippen molar-refractivity contribution in [2.75, 3.05) is 37.0 Å². The normalized spacial score (nSPS) is 30.0. The van der Waals surface area contributed by atoms with Crippen LogP contribution in [-0.2, 0) is 4.79 Å². The van der Waals surface area contributed by atoms with Gasteiger partial charge in [-0.2, -0.15) is 0 Å². The summed E-state index contributed by atoms with van der Waals surface area (Å²) < 4.78 is 0. The molecule has 1 aromatic carbocycles. The predicted molar refractivity (Wildman–Crippen MR) is 83.7 cm³/mol. The maximum Gasteiger partial charge on any atom is 0.260 e. The Labute approximate surface area is 125 Å². The number of aliphatic hydroxyl groups excluding tert-OH is 1. The van der Waals surface area contributed by atoms with Crippen LogP contribution in [0, 0.1) is 0 Å². The zero-order valence-electron chi connectivity index (χ0n) is 13.1. The Bertz CT molecular complexity index is 563. The monoisotopic (exact) mass is 289 g/mol. The smallest absolute Gasteiger partial charge is 0.260 e. The zero-order valence-corrected chi connectivity index (χ0v) is 13.1. The third-order valence-corrected chi connectivity index (χ3v) is 4.96. The molecule has 0 radical (unpaired) electrons. The minimum absolute atomic E-state index is 0.248. The van der Waals surface area contributed by atoms with Crippen molar-refractivity contribution in [3.63, 3.8) is 0 Å². The molecule has 1 saturated heterocycles. The standard InChI is InChI=1S/C16H23N3O2/c1-10-8-19(9-11(2)17(10)3)12-5-6-13-14(7-12)18(4)16(21)15(13)20/h5-7,10-11,15,20H,8-9H2,1-4H3. The highest BCUT2D eigenvalue weighted by Gasteiger charge is 2.34. The van der Waals surface area contributed by atoms with Gasteiger partial charge in [0.15, 0.2) is 6.10 Å². The molecule has 3 atom stereocenters. The van der Waals surface area contributed by atoms with E-state index in [0.29, 0.717) is 17.6 Å². The average Bonchev–Trinajstić information content (AvgIpc) is 2.69. The molecule has 0 bridgehead atoms. The van der Waals surface area contributed by atoms with Gasteiger partial charge >= 0.3 is 0 Å². The van der Waals surface area contributed by atoms with Crippen molar-refractivity contribution in [2.45, 2.75) is 32.0 Å². The van der Waals surface area contributed by atoms with E-state index in [2.05, 4.69) is 30.7 Å². The molecule has 114 valence electrons. The van der Waals surface area contributed by atoms with Crippen molar-refractivity contribution in [1.29, 1.82) is 0 Å². The van der Waals surface area contributed by atoms with Crippen LogP contribution in [0.5, 0.6) is 0 Å². The van der Waals surface area contributed by atoms with Crippen molar-refractivity contribution in [2.24, 2.45) is 0 Å². The molecule has 2 aliphatic rings. The van der Waals surface area contributed by atoms with Crippen LogP contribution in [0.1, 0.15) is 25.5 Å². The number of carbonyl (C=O) groups excluding carboxylic acids is 1. The SMILES string of the molecule is CC1CN(c2ccc3c(c2)N(C)C(=O)C3O)CC(C)N1C. The van der Waals surface area contributed by atoms with E-state index in [4.69, 9.17) is 0 Å². The number of aliphatic hydroxyl groups is 1. The van der Waals surface area contributed by atoms with Gasteiger partial charge in [0.2, 0.25) is 0 Å². The van der Waals surface area contributed by atoms with Crippen LogP contribution in [0.3, 0.4) is 0 Å². The van der Waals surface area contributed by atoms with E-state index in [9.17, 15) is 9.90 Å². The highest BCUT2D eigenvalue weighted by Crippen LogP contribution is 2.37. The van der Waals surface area contributed by atoms with E-state index in [1.807, 2.05) is 18.2 Å². The molecule has 1 fully saturated rings. The first kappa shape index (κ1) is 14.4. The molecule has 5 heteroatoms. The molecule has 1 aromatic rings. The van der Waals surface area contributed by atoms with Crippen molar-refractivity contribution in [3.8, 4) is 0 Å². The van der Waals surface area contributed by atoms with E-state index in [1.54, 1.807) is 11.9 Å². The third kappa shape index (κ3) is 2.21. The van der Waals surface area contributed by atoms with Gasteiger partial charge in [0.25, 0.3) is 5.91 Å². The van der Waals surface area contributed by atoms with E-state index >= 15 is 0 Å². The second-order valence-corrected chi connectivity index (χ2v) is 6.31. The molecule has 0 aromatic heterocycles. The number of hydrogen-bond donors (Lipinski definition) is 1. The molecular weight excluding hydrogens is 266 g/mol. The van der Waals surface area contributed by atoms with Crippen LogP contribution in [0.25, 0.3) is 0 Å². The lowest BCUT2D eigenvalue weighted by Gasteiger charge is -2.43. The molecule has 2 heterocycles. The van der Waals surface area contributed by atoms with Crippen LogP contribution < -0.4 is 9.80 Å². The number of hydrogen-bond acceptors (Lipinski definition) is 4. The molecule has 1 N–H and O–H groups in total. The Morgan fingerprint density at radius 1 is 1.14 bits per heavy atom. The van der Waals surface area contributed by atoms with Crippen LogP contribution >= 0.6 is 0 Å². The summed E-state index contributed by atoms with van der Waals surface area (Å²) in [7, 11) is 3.88. The van der Waals surface area contributed by atoms with Gasteiger partial charge in [-0.3, -0.25) is 9.69 Å². The largest absolute Gasteiger partial charge is 0.378 e. The second kappa shape index (κ2) is 5.00. The first-order chi connectivity index (χ1) is 9.90. The first-order valence-corrected chi connectivity index (χ1v) is 7.46. The lowest BCUT2D eigenvalue weighted by atomic mass is 10.1. The van der Waals surface area contributed by atoms with E-state index in [-0.39, 0.29) is 5.91 Å². The molecule has 21 heavy (non-hydrogen) atoms. The summed E-state index contributed by atoms with van der Waals surface area (Å²) in [5, 5.41) is 9.93.